The lowest BCUT2D eigenvalue weighted by molar-refractivity contribution is -0.154. The monoisotopic (exact) mass is 346 g/mol. The number of hydrogen-bond acceptors (Lipinski definition) is 3. The largest absolute Gasteiger partial charge is 0.464 e. The van der Waals surface area contributed by atoms with Crippen LogP contribution >= 0.6 is 22.6 Å². The van der Waals surface area contributed by atoms with Gasteiger partial charge in [0.2, 0.25) is 0 Å². The Morgan fingerprint density at radius 1 is 1.47 bits per heavy atom. The molecule has 92 valence electrons. The van der Waals surface area contributed by atoms with E-state index >= 15 is 0 Å². The van der Waals surface area contributed by atoms with Crippen molar-refractivity contribution in [3.05, 3.63) is 33.4 Å². The number of carbonyl (C=O) groups is 1. The molecule has 1 saturated heterocycles. The van der Waals surface area contributed by atoms with Gasteiger partial charge in [0.25, 0.3) is 0 Å². The highest BCUT2D eigenvalue weighted by atomic mass is 127. The van der Waals surface area contributed by atoms with Gasteiger partial charge in [-0.2, -0.15) is 0 Å². The molecule has 3 nitrogen and oxygen atoms in total. The first-order valence-electron chi connectivity index (χ1n) is 5.76. The third-order valence-electron chi connectivity index (χ3n) is 2.91. The van der Waals surface area contributed by atoms with E-state index in [0.29, 0.717) is 13.2 Å². The summed E-state index contributed by atoms with van der Waals surface area (Å²) in [4.78, 5) is 11.7. The number of carbonyl (C=O) groups excluding carboxylic acids is 1. The molecule has 1 heterocycles. The topological polar surface area (TPSA) is 35.5 Å². The molecule has 0 aromatic heterocycles. The molecular formula is C13H15IO3. The van der Waals surface area contributed by atoms with Gasteiger partial charge < -0.3 is 9.47 Å². The van der Waals surface area contributed by atoms with Crippen molar-refractivity contribution in [3.8, 4) is 0 Å². The first kappa shape index (κ1) is 12.8. The molecular weight excluding hydrogens is 331 g/mol. The molecule has 0 radical (unpaired) electrons. The molecule has 1 aliphatic heterocycles. The van der Waals surface area contributed by atoms with Crippen molar-refractivity contribution in [2.45, 2.75) is 25.4 Å². The Morgan fingerprint density at radius 3 is 2.82 bits per heavy atom. The molecule has 2 atom stereocenters. The lowest BCUT2D eigenvalue weighted by Crippen LogP contribution is -2.27. The third-order valence-corrected chi connectivity index (χ3v) is 3.63. The molecule has 1 fully saturated rings. The Hall–Kier alpha value is -0.620. The zero-order chi connectivity index (χ0) is 12.3. The van der Waals surface area contributed by atoms with E-state index in [1.165, 1.54) is 3.57 Å². The minimum atomic E-state index is -0.435. The summed E-state index contributed by atoms with van der Waals surface area (Å²) in [5, 5.41) is 0. The van der Waals surface area contributed by atoms with E-state index in [-0.39, 0.29) is 11.9 Å². The van der Waals surface area contributed by atoms with Crippen LogP contribution in [0.2, 0.25) is 0 Å². The van der Waals surface area contributed by atoms with Crippen molar-refractivity contribution < 1.29 is 14.3 Å². The van der Waals surface area contributed by atoms with Gasteiger partial charge in [0.1, 0.15) is 0 Å². The fraction of sp³-hybridized carbons (Fsp3) is 0.462. The van der Waals surface area contributed by atoms with Crippen LogP contribution in [-0.2, 0) is 14.3 Å². The highest BCUT2D eigenvalue weighted by Gasteiger charge is 2.36. The number of halogens is 1. The molecule has 0 aliphatic carbocycles. The Morgan fingerprint density at radius 2 is 2.18 bits per heavy atom. The normalized spacial score (nSPS) is 23.6. The average molecular weight is 346 g/mol. The first-order valence-corrected chi connectivity index (χ1v) is 6.84. The van der Waals surface area contributed by atoms with E-state index in [0.717, 1.165) is 12.0 Å². The summed E-state index contributed by atoms with van der Waals surface area (Å²) in [5.74, 6) is -0.111. The molecule has 1 aromatic carbocycles. The van der Waals surface area contributed by atoms with Crippen molar-refractivity contribution in [1.29, 1.82) is 0 Å². The molecule has 2 rings (SSSR count). The van der Waals surface area contributed by atoms with Crippen molar-refractivity contribution in [2.75, 3.05) is 13.2 Å². The number of hydrogen-bond donors (Lipinski definition) is 0. The number of esters is 1. The summed E-state index contributed by atoms with van der Waals surface area (Å²) >= 11 is 2.27. The summed E-state index contributed by atoms with van der Waals surface area (Å²) in [6, 6.07) is 8.23. The van der Waals surface area contributed by atoms with Crippen molar-refractivity contribution in [3.63, 3.8) is 0 Å². The lowest BCUT2D eigenvalue weighted by Gasteiger charge is -2.17. The Balaban J connectivity index is 2.14. The van der Waals surface area contributed by atoms with Gasteiger partial charge in [-0.1, -0.05) is 12.1 Å². The highest BCUT2D eigenvalue weighted by molar-refractivity contribution is 14.1. The maximum Gasteiger partial charge on any atom is 0.335 e. The second kappa shape index (κ2) is 5.82. The van der Waals surface area contributed by atoms with Gasteiger partial charge in [0, 0.05) is 16.1 Å². The van der Waals surface area contributed by atoms with Gasteiger partial charge in [0.05, 0.1) is 6.61 Å². The summed E-state index contributed by atoms with van der Waals surface area (Å²) in [6.07, 6.45) is 0.444. The number of benzene rings is 1. The van der Waals surface area contributed by atoms with Crippen LogP contribution in [0, 0.1) is 3.57 Å². The Bertz CT molecular complexity index is 388. The molecule has 1 aromatic rings. The van der Waals surface area contributed by atoms with Gasteiger partial charge in [0.15, 0.2) is 6.10 Å². The second-order valence-corrected chi connectivity index (χ2v) is 5.24. The molecule has 0 spiro atoms. The van der Waals surface area contributed by atoms with Crippen LogP contribution in [0.5, 0.6) is 0 Å². The van der Waals surface area contributed by atoms with E-state index in [1.807, 2.05) is 6.92 Å². The quantitative estimate of drug-likeness (QED) is 0.624. The summed E-state index contributed by atoms with van der Waals surface area (Å²) in [7, 11) is 0. The fourth-order valence-corrected chi connectivity index (χ4v) is 2.46. The van der Waals surface area contributed by atoms with Crippen LogP contribution in [0.15, 0.2) is 24.3 Å². The molecule has 1 aliphatic rings. The van der Waals surface area contributed by atoms with Crippen LogP contribution < -0.4 is 0 Å². The molecule has 0 unspecified atom stereocenters. The fourth-order valence-electron chi connectivity index (χ4n) is 2.10. The lowest BCUT2D eigenvalue weighted by atomic mass is 9.93. The number of ether oxygens (including phenoxy) is 2. The minimum Gasteiger partial charge on any atom is -0.464 e. The standard InChI is InChI=1S/C13H15IO3/c1-2-16-13(15)12-11(7-8-17-12)9-3-5-10(14)6-4-9/h3-6,11-12H,2,7-8H2,1H3/t11-,12-/m1/s1. The van der Waals surface area contributed by atoms with E-state index in [2.05, 4.69) is 46.9 Å². The third kappa shape index (κ3) is 2.98. The highest BCUT2D eigenvalue weighted by Crippen LogP contribution is 2.32. The molecule has 0 saturated carbocycles. The smallest absolute Gasteiger partial charge is 0.335 e. The van der Waals surface area contributed by atoms with Crippen LogP contribution in [0.1, 0.15) is 24.8 Å². The van der Waals surface area contributed by atoms with Gasteiger partial charge in [-0.3, -0.25) is 0 Å². The van der Waals surface area contributed by atoms with Gasteiger partial charge >= 0.3 is 5.97 Å². The predicted molar refractivity (Wildman–Crippen MR) is 72.9 cm³/mol. The second-order valence-electron chi connectivity index (χ2n) is 3.99. The zero-order valence-corrected chi connectivity index (χ0v) is 11.8. The maximum atomic E-state index is 11.7. The van der Waals surface area contributed by atoms with Gasteiger partial charge in [-0.05, 0) is 53.6 Å². The molecule has 17 heavy (non-hydrogen) atoms. The van der Waals surface area contributed by atoms with Crippen LogP contribution in [0.25, 0.3) is 0 Å². The molecule has 0 amide bonds. The van der Waals surface area contributed by atoms with E-state index < -0.39 is 6.10 Å². The predicted octanol–water partition coefficient (Wildman–Crippen LogP) is 2.73. The van der Waals surface area contributed by atoms with Crippen molar-refractivity contribution in [2.24, 2.45) is 0 Å². The van der Waals surface area contributed by atoms with Crippen molar-refractivity contribution in [1.82, 2.24) is 0 Å². The zero-order valence-electron chi connectivity index (χ0n) is 9.69. The van der Waals surface area contributed by atoms with E-state index in [4.69, 9.17) is 9.47 Å². The molecule has 4 heteroatoms. The summed E-state index contributed by atoms with van der Waals surface area (Å²) in [5.41, 5.74) is 1.15. The van der Waals surface area contributed by atoms with Crippen LogP contribution in [0.3, 0.4) is 0 Å². The first-order chi connectivity index (χ1) is 8.22. The van der Waals surface area contributed by atoms with E-state index in [9.17, 15) is 4.79 Å². The van der Waals surface area contributed by atoms with E-state index in [1.54, 1.807) is 0 Å². The van der Waals surface area contributed by atoms with Crippen molar-refractivity contribution >= 4 is 28.6 Å². The SMILES string of the molecule is CCOC(=O)[C@@H]1OCC[C@@H]1c1ccc(I)cc1. The Kier molecular flexibility index (Phi) is 4.39. The van der Waals surface area contributed by atoms with Crippen LogP contribution in [-0.4, -0.2) is 25.3 Å². The molecule has 0 bridgehead atoms. The van der Waals surface area contributed by atoms with Gasteiger partial charge in [-0.15, -0.1) is 0 Å². The maximum absolute atomic E-state index is 11.7. The molecule has 0 N–H and O–H groups in total. The Labute approximate surface area is 115 Å². The number of rotatable bonds is 3. The van der Waals surface area contributed by atoms with Gasteiger partial charge in [-0.25, -0.2) is 4.79 Å². The average Bonchev–Trinajstić information content (AvgIpc) is 2.79. The van der Waals surface area contributed by atoms with Crippen LogP contribution in [0.4, 0.5) is 0 Å². The minimum absolute atomic E-state index is 0.131. The summed E-state index contributed by atoms with van der Waals surface area (Å²) in [6.45, 7) is 2.84. The summed E-state index contributed by atoms with van der Waals surface area (Å²) < 4.78 is 11.7.